The molecule has 1 aliphatic carbocycles. The molecule has 2 rings (SSSR count). The number of hydrogen-bond acceptors (Lipinski definition) is 3. The summed E-state index contributed by atoms with van der Waals surface area (Å²) in [7, 11) is 1.86. The van der Waals surface area contributed by atoms with Crippen molar-refractivity contribution >= 4 is 11.7 Å². The number of esters is 1. The molecular weight excluding hydrogens is 226 g/mol. The maximum Gasteiger partial charge on any atom is 0.338 e. The van der Waals surface area contributed by atoms with E-state index in [1.54, 1.807) is 12.1 Å². The van der Waals surface area contributed by atoms with Gasteiger partial charge in [0.15, 0.2) is 0 Å². The first kappa shape index (κ1) is 12.9. The van der Waals surface area contributed by atoms with E-state index in [4.69, 9.17) is 4.74 Å². The van der Waals surface area contributed by atoms with Gasteiger partial charge in [0.25, 0.3) is 0 Å². The van der Waals surface area contributed by atoms with Gasteiger partial charge in [-0.3, -0.25) is 0 Å². The number of nitrogens with one attached hydrogen (secondary N) is 1. The van der Waals surface area contributed by atoms with Crippen LogP contribution in [-0.4, -0.2) is 19.1 Å². The van der Waals surface area contributed by atoms with E-state index in [9.17, 15) is 4.79 Å². The molecule has 98 valence electrons. The van der Waals surface area contributed by atoms with Gasteiger partial charge in [0.05, 0.1) is 5.56 Å². The highest BCUT2D eigenvalue weighted by molar-refractivity contribution is 5.89. The third-order valence-electron chi connectivity index (χ3n) is 3.65. The van der Waals surface area contributed by atoms with E-state index in [0.29, 0.717) is 5.56 Å². The van der Waals surface area contributed by atoms with E-state index in [1.807, 2.05) is 19.2 Å². The molecule has 0 amide bonds. The van der Waals surface area contributed by atoms with E-state index >= 15 is 0 Å². The van der Waals surface area contributed by atoms with Crippen molar-refractivity contribution in [3.63, 3.8) is 0 Å². The van der Waals surface area contributed by atoms with Crippen molar-refractivity contribution in [1.29, 1.82) is 0 Å². The number of rotatable bonds is 3. The molecule has 0 aromatic heterocycles. The lowest BCUT2D eigenvalue weighted by Crippen LogP contribution is -2.23. The Hall–Kier alpha value is -1.51. The number of carbonyl (C=O) groups is 1. The first-order valence-corrected chi connectivity index (χ1v) is 6.68. The molecule has 3 heteroatoms. The fourth-order valence-corrected chi connectivity index (χ4v) is 2.34. The highest BCUT2D eigenvalue weighted by Crippen LogP contribution is 2.26. The Morgan fingerprint density at radius 2 is 1.78 bits per heavy atom. The lowest BCUT2D eigenvalue weighted by Gasteiger charge is -2.25. The molecule has 0 spiro atoms. The van der Waals surface area contributed by atoms with Crippen molar-refractivity contribution in [2.45, 2.75) is 38.7 Å². The van der Waals surface area contributed by atoms with Crippen molar-refractivity contribution in [2.24, 2.45) is 5.92 Å². The maximum atomic E-state index is 12.0. The molecule has 1 saturated carbocycles. The van der Waals surface area contributed by atoms with Gasteiger partial charge in [-0.25, -0.2) is 4.79 Å². The van der Waals surface area contributed by atoms with Crippen molar-refractivity contribution in [2.75, 3.05) is 12.4 Å². The summed E-state index contributed by atoms with van der Waals surface area (Å²) in [5.41, 5.74) is 1.63. The van der Waals surface area contributed by atoms with Gasteiger partial charge >= 0.3 is 5.97 Å². The Bertz CT molecular complexity index is 391. The zero-order valence-electron chi connectivity index (χ0n) is 11.1. The second-order valence-electron chi connectivity index (χ2n) is 5.11. The van der Waals surface area contributed by atoms with Crippen LogP contribution < -0.4 is 5.32 Å². The predicted octanol–water partition coefficient (Wildman–Crippen LogP) is 3.46. The maximum absolute atomic E-state index is 12.0. The van der Waals surface area contributed by atoms with Crippen LogP contribution in [0.3, 0.4) is 0 Å². The van der Waals surface area contributed by atoms with Crippen LogP contribution in [-0.2, 0) is 4.74 Å². The van der Waals surface area contributed by atoms with Crippen LogP contribution >= 0.6 is 0 Å². The van der Waals surface area contributed by atoms with Crippen molar-refractivity contribution in [3.8, 4) is 0 Å². The van der Waals surface area contributed by atoms with Crippen molar-refractivity contribution in [1.82, 2.24) is 0 Å². The fourth-order valence-electron chi connectivity index (χ4n) is 2.34. The smallest absolute Gasteiger partial charge is 0.338 e. The minimum atomic E-state index is -0.197. The second-order valence-corrected chi connectivity index (χ2v) is 5.11. The second kappa shape index (κ2) is 5.89. The molecule has 0 radical (unpaired) electrons. The Labute approximate surface area is 109 Å². The van der Waals surface area contributed by atoms with Crippen LogP contribution in [0.5, 0.6) is 0 Å². The van der Waals surface area contributed by atoms with Gasteiger partial charge in [-0.1, -0.05) is 6.92 Å². The molecule has 18 heavy (non-hydrogen) atoms. The molecule has 1 aromatic rings. The first-order valence-electron chi connectivity index (χ1n) is 6.68. The molecule has 3 nitrogen and oxygen atoms in total. The van der Waals surface area contributed by atoms with E-state index in [0.717, 1.165) is 37.3 Å². The molecule has 0 heterocycles. The quantitative estimate of drug-likeness (QED) is 0.831. The monoisotopic (exact) mass is 247 g/mol. The van der Waals surface area contributed by atoms with Gasteiger partial charge in [0, 0.05) is 12.7 Å². The van der Waals surface area contributed by atoms with Gasteiger partial charge in [-0.05, 0) is 55.9 Å². The standard InChI is InChI=1S/C15H21NO2/c1-11-3-9-14(10-4-11)18-15(17)12-5-7-13(16-2)8-6-12/h5-8,11,14,16H,3-4,9-10H2,1-2H3. The molecule has 1 N–H and O–H groups in total. The molecule has 1 aromatic carbocycles. The van der Waals surface area contributed by atoms with Gasteiger partial charge in [-0.2, -0.15) is 0 Å². The van der Waals surface area contributed by atoms with Crippen LogP contribution in [0.25, 0.3) is 0 Å². The summed E-state index contributed by atoms with van der Waals surface area (Å²) in [6, 6.07) is 7.39. The summed E-state index contributed by atoms with van der Waals surface area (Å²) in [4.78, 5) is 12.0. The average Bonchev–Trinajstić information content (AvgIpc) is 2.41. The predicted molar refractivity (Wildman–Crippen MR) is 72.8 cm³/mol. The zero-order chi connectivity index (χ0) is 13.0. The molecule has 0 bridgehead atoms. The number of hydrogen-bond donors (Lipinski definition) is 1. The van der Waals surface area contributed by atoms with Gasteiger partial charge in [-0.15, -0.1) is 0 Å². The molecular formula is C15H21NO2. The van der Waals surface area contributed by atoms with Gasteiger partial charge < -0.3 is 10.1 Å². The number of ether oxygens (including phenoxy) is 1. The molecule has 1 aliphatic rings. The van der Waals surface area contributed by atoms with Gasteiger partial charge in [0.1, 0.15) is 6.10 Å². The topological polar surface area (TPSA) is 38.3 Å². The Balaban J connectivity index is 1.90. The minimum absolute atomic E-state index is 0.109. The minimum Gasteiger partial charge on any atom is -0.459 e. The van der Waals surface area contributed by atoms with E-state index in [-0.39, 0.29) is 12.1 Å². The highest BCUT2D eigenvalue weighted by atomic mass is 16.5. The SMILES string of the molecule is CNc1ccc(C(=O)OC2CCC(C)CC2)cc1. The first-order chi connectivity index (χ1) is 8.69. The largest absolute Gasteiger partial charge is 0.459 e. The third kappa shape index (κ3) is 3.25. The molecule has 0 unspecified atom stereocenters. The summed E-state index contributed by atoms with van der Waals surface area (Å²) in [6.45, 7) is 2.26. The lowest BCUT2D eigenvalue weighted by molar-refractivity contribution is 0.0174. The van der Waals surface area contributed by atoms with Crippen LogP contribution in [0, 0.1) is 5.92 Å². The molecule has 1 fully saturated rings. The van der Waals surface area contributed by atoms with Gasteiger partial charge in [0.2, 0.25) is 0 Å². The van der Waals surface area contributed by atoms with Crippen molar-refractivity contribution in [3.05, 3.63) is 29.8 Å². The average molecular weight is 247 g/mol. The number of carbonyl (C=O) groups excluding carboxylic acids is 1. The zero-order valence-corrected chi connectivity index (χ0v) is 11.1. The Kier molecular flexibility index (Phi) is 4.24. The van der Waals surface area contributed by atoms with E-state index in [1.165, 1.54) is 0 Å². The van der Waals surface area contributed by atoms with Crippen LogP contribution in [0.15, 0.2) is 24.3 Å². The lowest BCUT2D eigenvalue weighted by atomic mass is 9.89. The van der Waals surface area contributed by atoms with Crippen LogP contribution in [0.1, 0.15) is 43.0 Å². The Morgan fingerprint density at radius 1 is 1.17 bits per heavy atom. The summed E-state index contributed by atoms with van der Waals surface area (Å²) in [5.74, 6) is 0.576. The third-order valence-corrected chi connectivity index (χ3v) is 3.65. The summed E-state index contributed by atoms with van der Waals surface area (Å²) >= 11 is 0. The number of benzene rings is 1. The van der Waals surface area contributed by atoms with Crippen molar-refractivity contribution < 1.29 is 9.53 Å². The summed E-state index contributed by atoms with van der Waals surface area (Å²) in [5, 5.41) is 3.03. The highest BCUT2D eigenvalue weighted by Gasteiger charge is 2.21. The van der Waals surface area contributed by atoms with Crippen LogP contribution in [0.4, 0.5) is 5.69 Å². The van der Waals surface area contributed by atoms with Crippen LogP contribution in [0.2, 0.25) is 0 Å². The van der Waals surface area contributed by atoms with E-state index < -0.39 is 0 Å². The normalized spacial score (nSPS) is 23.4. The molecule has 0 aliphatic heterocycles. The number of anilines is 1. The fraction of sp³-hybridized carbons (Fsp3) is 0.533. The molecule has 0 atom stereocenters. The van der Waals surface area contributed by atoms with E-state index in [2.05, 4.69) is 12.2 Å². The summed E-state index contributed by atoms with van der Waals surface area (Å²) in [6.07, 6.45) is 4.44. The molecule has 0 saturated heterocycles. The summed E-state index contributed by atoms with van der Waals surface area (Å²) < 4.78 is 5.54. The Morgan fingerprint density at radius 3 is 2.33 bits per heavy atom.